The molecule has 2 N–H and O–H groups in total. The molecule has 2 amide bonds. The van der Waals surface area contributed by atoms with Gasteiger partial charge in [0.05, 0.1) is 17.9 Å². The minimum Gasteiger partial charge on any atom is -0.490 e. The van der Waals surface area contributed by atoms with Crippen molar-refractivity contribution in [2.45, 2.75) is 0 Å². The van der Waals surface area contributed by atoms with E-state index in [1.54, 1.807) is 36.1 Å². The molecule has 0 aliphatic carbocycles. The van der Waals surface area contributed by atoms with E-state index in [0.29, 0.717) is 18.2 Å². The fourth-order valence-corrected chi connectivity index (χ4v) is 3.18. The van der Waals surface area contributed by atoms with Gasteiger partial charge < -0.3 is 9.47 Å². The quantitative estimate of drug-likeness (QED) is 0.311. The van der Waals surface area contributed by atoms with Crippen molar-refractivity contribution < 1.29 is 19.1 Å². The normalized spacial score (nSPS) is 10.5. The minimum absolute atomic E-state index is 0.0902. The van der Waals surface area contributed by atoms with Crippen LogP contribution in [-0.2, 0) is 4.74 Å². The van der Waals surface area contributed by atoms with Gasteiger partial charge in [-0.2, -0.15) is 0 Å². The lowest BCUT2D eigenvalue weighted by Crippen LogP contribution is -2.42. The Kier molecular flexibility index (Phi) is 7.26. The van der Waals surface area contributed by atoms with Crippen LogP contribution in [0.15, 0.2) is 84.9 Å². The zero-order chi connectivity index (χ0) is 23.8. The summed E-state index contributed by atoms with van der Waals surface area (Å²) in [5.41, 5.74) is 6.59. The maximum atomic E-state index is 12.8. The van der Waals surface area contributed by atoms with Crippen LogP contribution in [-0.4, -0.2) is 46.9 Å². The predicted molar refractivity (Wildman–Crippen MR) is 126 cm³/mol. The number of amides is 2. The number of ether oxygens (including phenoxy) is 2. The predicted octanol–water partition coefficient (Wildman–Crippen LogP) is 3.03. The molecule has 0 atom stereocenters. The van der Waals surface area contributed by atoms with Crippen molar-refractivity contribution in [3.05, 3.63) is 96.3 Å². The van der Waals surface area contributed by atoms with Crippen molar-refractivity contribution in [3.8, 4) is 22.8 Å². The highest BCUT2D eigenvalue weighted by molar-refractivity contribution is 5.99. The van der Waals surface area contributed by atoms with Crippen molar-refractivity contribution >= 4 is 11.8 Å². The van der Waals surface area contributed by atoms with E-state index in [0.717, 1.165) is 11.3 Å². The topological polar surface area (TPSA) is 107 Å². The van der Waals surface area contributed by atoms with Gasteiger partial charge in [0.15, 0.2) is 5.82 Å². The van der Waals surface area contributed by atoms with Gasteiger partial charge in [-0.15, -0.1) is 5.10 Å². The monoisotopic (exact) mass is 457 g/mol. The Labute approximate surface area is 196 Å². The maximum absolute atomic E-state index is 12.8. The second-order valence-corrected chi connectivity index (χ2v) is 7.12. The Morgan fingerprint density at radius 3 is 2.21 bits per heavy atom. The van der Waals surface area contributed by atoms with E-state index in [-0.39, 0.29) is 18.0 Å². The number of hydrogen-bond donors (Lipinski definition) is 2. The first kappa shape index (κ1) is 22.7. The van der Waals surface area contributed by atoms with Crippen LogP contribution in [0.2, 0.25) is 0 Å². The zero-order valence-corrected chi connectivity index (χ0v) is 18.5. The Morgan fingerprint density at radius 2 is 1.47 bits per heavy atom. The number of carbonyl (C=O) groups excluding carboxylic acids is 2. The van der Waals surface area contributed by atoms with Crippen LogP contribution in [0.3, 0.4) is 0 Å². The first-order chi connectivity index (χ1) is 16.7. The molecule has 0 spiro atoms. The third-order valence-electron chi connectivity index (χ3n) is 4.81. The van der Waals surface area contributed by atoms with E-state index >= 15 is 0 Å². The lowest BCUT2D eigenvalue weighted by atomic mass is 10.2. The van der Waals surface area contributed by atoms with Gasteiger partial charge in [0, 0.05) is 12.7 Å². The number of nitrogens with zero attached hydrogens (tertiary/aromatic N) is 3. The molecule has 9 nitrogen and oxygen atoms in total. The van der Waals surface area contributed by atoms with Gasteiger partial charge in [-0.05, 0) is 24.3 Å². The zero-order valence-electron chi connectivity index (χ0n) is 18.5. The van der Waals surface area contributed by atoms with Crippen LogP contribution < -0.4 is 15.6 Å². The summed E-state index contributed by atoms with van der Waals surface area (Å²) in [6.45, 7) is 0.669. The second-order valence-electron chi connectivity index (χ2n) is 7.12. The number of carbonyl (C=O) groups is 2. The largest absolute Gasteiger partial charge is 0.490 e. The molecule has 0 saturated heterocycles. The number of hydrazine groups is 1. The number of rotatable bonds is 8. The molecule has 1 aromatic heterocycles. The van der Waals surface area contributed by atoms with Crippen LogP contribution in [0, 0.1) is 0 Å². The van der Waals surface area contributed by atoms with Crippen molar-refractivity contribution in [3.63, 3.8) is 0 Å². The van der Waals surface area contributed by atoms with Crippen LogP contribution in [0.25, 0.3) is 17.1 Å². The van der Waals surface area contributed by atoms with Gasteiger partial charge >= 0.3 is 5.91 Å². The standard InChI is InChI=1S/C25H23N5O4/c1-33-16-17-34-21-15-9-8-14-20(21)24(31)27-28-25(32)22-26-23(18-10-4-2-5-11-18)30(29-22)19-12-6-3-7-13-19/h2-15H,16-17H2,1H3,(H,27,31)(H,28,32). The van der Waals surface area contributed by atoms with Gasteiger partial charge in [-0.25, -0.2) is 9.67 Å². The number of nitrogens with one attached hydrogen (secondary N) is 2. The molecule has 0 bridgehead atoms. The fourth-order valence-electron chi connectivity index (χ4n) is 3.18. The average Bonchev–Trinajstić information content (AvgIpc) is 3.34. The molecule has 0 fully saturated rings. The first-order valence-electron chi connectivity index (χ1n) is 10.6. The van der Waals surface area contributed by atoms with Crippen molar-refractivity contribution in [1.82, 2.24) is 25.6 Å². The summed E-state index contributed by atoms with van der Waals surface area (Å²) in [6.07, 6.45) is 0. The minimum atomic E-state index is -0.655. The van der Waals surface area contributed by atoms with Crippen molar-refractivity contribution in [2.75, 3.05) is 20.3 Å². The number of aromatic nitrogens is 3. The molecule has 34 heavy (non-hydrogen) atoms. The molecule has 0 aliphatic heterocycles. The van der Waals surface area contributed by atoms with E-state index in [4.69, 9.17) is 9.47 Å². The fraction of sp³-hybridized carbons (Fsp3) is 0.120. The molecular weight excluding hydrogens is 434 g/mol. The molecule has 1 heterocycles. The summed E-state index contributed by atoms with van der Waals surface area (Å²) in [5.74, 6) is -0.401. The summed E-state index contributed by atoms with van der Waals surface area (Å²) >= 11 is 0. The highest BCUT2D eigenvalue weighted by Gasteiger charge is 2.20. The summed E-state index contributed by atoms with van der Waals surface area (Å²) in [4.78, 5) is 29.9. The number of methoxy groups -OCH3 is 1. The number of hydrogen-bond acceptors (Lipinski definition) is 6. The highest BCUT2D eigenvalue weighted by Crippen LogP contribution is 2.21. The summed E-state index contributed by atoms with van der Waals surface area (Å²) in [7, 11) is 1.56. The third-order valence-corrected chi connectivity index (χ3v) is 4.81. The lowest BCUT2D eigenvalue weighted by molar-refractivity contribution is 0.0837. The Hall–Kier alpha value is -4.50. The van der Waals surface area contributed by atoms with Gasteiger partial charge in [-0.1, -0.05) is 60.7 Å². The molecule has 0 unspecified atom stereocenters. The smallest absolute Gasteiger partial charge is 0.309 e. The van der Waals surface area contributed by atoms with Crippen LogP contribution in [0.1, 0.15) is 21.0 Å². The molecule has 3 aromatic carbocycles. The molecule has 4 rings (SSSR count). The SMILES string of the molecule is COCCOc1ccccc1C(=O)NNC(=O)c1nc(-c2ccccc2)n(-c2ccccc2)n1. The third kappa shape index (κ3) is 5.28. The van der Waals surface area contributed by atoms with Gasteiger partial charge in [0.2, 0.25) is 5.82 Å². The molecule has 0 radical (unpaired) electrons. The first-order valence-corrected chi connectivity index (χ1v) is 10.6. The Bertz CT molecular complexity index is 1200. The van der Waals surface area contributed by atoms with Crippen LogP contribution in [0.5, 0.6) is 5.75 Å². The molecular formula is C25H23N5O4. The van der Waals surface area contributed by atoms with E-state index < -0.39 is 11.8 Å². The molecule has 172 valence electrons. The van der Waals surface area contributed by atoms with E-state index in [2.05, 4.69) is 20.9 Å². The van der Waals surface area contributed by atoms with E-state index in [1.165, 1.54) is 0 Å². The highest BCUT2D eigenvalue weighted by atomic mass is 16.5. The number of benzene rings is 3. The number of para-hydroxylation sites is 2. The van der Waals surface area contributed by atoms with Crippen molar-refractivity contribution in [2.24, 2.45) is 0 Å². The van der Waals surface area contributed by atoms with Crippen LogP contribution in [0.4, 0.5) is 0 Å². The van der Waals surface area contributed by atoms with E-state index in [9.17, 15) is 9.59 Å². The van der Waals surface area contributed by atoms with Gasteiger partial charge in [0.25, 0.3) is 5.91 Å². The van der Waals surface area contributed by atoms with Crippen molar-refractivity contribution in [1.29, 1.82) is 0 Å². The molecule has 0 aliphatic rings. The molecule has 0 saturated carbocycles. The van der Waals surface area contributed by atoms with Gasteiger partial charge in [0.1, 0.15) is 12.4 Å². The second kappa shape index (κ2) is 10.9. The lowest BCUT2D eigenvalue weighted by Gasteiger charge is -2.11. The van der Waals surface area contributed by atoms with Gasteiger partial charge in [-0.3, -0.25) is 20.4 Å². The Morgan fingerprint density at radius 1 is 0.824 bits per heavy atom. The Balaban J connectivity index is 1.52. The maximum Gasteiger partial charge on any atom is 0.309 e. The molecule has 9 heteroatoms. The summed E-state index contributed by atoms with van der Waals surface area (Å²) < 4.78 is 12.1. The van der Waals surface area contributed by atoms with E-state index in [1.807, 2.05) is 60.7 Å². The molecule has 4 aromatic rings. The van der Waals surface area contributed by atoms with Crippen LogP contribution >= 0.6 is 0 Å². The summed E-state index contributed by atoms with van der Waals surface area (Å²) in [5, 5.41) is 4.38. The summed E-state index contributed by atoms with van der Waals surface area (Å²) in [6, 6.07) is 25.5. The average molecular weight is 457 g/mol.